The van der Waals surface area contributed by atoms with Crippen LogP contribution in [0.4, 0.5) is 4.79 Å². The number of imide groups is 1. The Morgan fingerprint density at radius 3 is 2.80 bits per heavy atom. The number of carbonyl (C=O) groups excluding carboxylic acids is 2. The first kappa shape index (κ1) is 17.8. The molecule has 2 heterocycles. The first-order valence-corrected chi connectivity index (χ1v) is 8.83. The molecule has 2 aliphatic heterocycles. The van der Waals surface area contributed by atoms with Gasteiger partial charge in [0.1, 0.15) is 18.1 Å². The summed E-state index contributed by atoms with van der Waals surface area (Å²) in [5.74, 6) is 0.911. The Morgan fingerprint density at radius 1 is 1.32 bits per heavy atom. The average Bonchev–Trinajstić information content (AvgIpc) is 2.94. The minimum atomic E-state index is -0.392. The highest BCUT2D eigenvalue weighted by molar-refractivity contribution is 8.18. The molecule has 0 saturated carbocycles. The number of carbonyl (C=O) groups is 2. The Kier molecular flexibility index (Phi) is 5.95. The molecule has 0 unspecified atom stereocenters. The molecule has 2 fully saturated rings. The van der Waals surface area contributed by atoms with Crippen molar-refractivity contribution in [2.24, 2.45) is 0 Å². The van der Waals surface area contributed by atoms with Gasteiger partial charge >= 0.3 is 0 Å². The number of morpholine rings is 1. The van der Waals surface area contributed by atoms with Gasteiger partial charge in [0.05, 0.1) is 25.2 Å². The molecule has 2 aliphatic rings. The molecule has 0 aromatic heterocycles. The van der Waals surface area contributed by atoms with E-state index in [1.807, 2.05) is 6.07 Å². The van der Waals surface area contributed by atoms with E-state index in [-0.39, 0.29) is 5.24 Å². The summed E-state index contributed by atoms with van der Waals surface area (Å²) in [4.78, 5) is 25.7. The van der Waals surface area contributed by atoms with Crippen molar-refractivity contribution < 1.29 is 23.8 Å². The minimum absolute atomic E-state index is 0.344. The van der Waals surface area contributed by atoms with Gasteiger partial charge in [0.2, 0.25) is 0 Å². The standard InChI is InChI=1S/C17H20N2O5S/c1-22-13-2-3-14(24-9-6-19-4-7-23-8-5-19)12(10-13)11-15-16(20)18-17(21)25-15/h2-3,10-11H,4-9H2,1H3,(H,18,20,21)/b15-11+. The van der Waals surface area contributed by atoms with E-state index in [1.54, 1.807) is 25.3 Å². The SMILES string of the molecule is COc1ccc(OCCN2CCOCC2)c(/C=C2/SC(=O)NC2=O)c1. The zero-order valence-electron chi connectivity index (χ0n) is 13.9. The third kappa shape index (κ3) is 4.75. The van der Waals surface area contributed by atoms with Crippen LogP contribution >= 0.6 is 11.8 Å². The third-order valence-corrected chi connectivity index (χ3v) is 4.72. The van der Waals surface area contributed by atoms with Crippen LogP contribution in [-0.4, -0.2) is 62.6 Å². The van der Waals surface area contributed by atoms with Crippen molar-refractivity contribution in [3.05, 3.63) is 28.7 Å². The number of nitrogens with one attached hydrogen (secondary N) is 1. The summed E-state index contributed by atoms with van der Waals surface area (Å²) in [5.41, 5.74) is 0.702. The average molecular weight is 364 g/mol. The fourth-order valence-electron chi connectivity index (χ4n) is 2.57. The van der Waals surface area contributed by atoms with Gasteiger partial charge < -0.3 is 14.2 Å². The Bertz CT molecular complexity index is 686. The highest BCUT2D eigenvalue weighted by Crippen LogP contribution is 2.31. The first-order valence-electron chi connectivity index (χ1n) is 8.01. The van der Waals surface area contributed by atoms with E-state index < -0.39 is 5.91 Å². The molecule has 0 aliphatic carbocycles. The molecule has 8 heteroatoms. The van der Waals surface area contributed by atoms with Gasteiger partial charge in [-0.2, -0.15) is 0 Å². The van der Waals surface area contributed by atoms with Gasteiger partial charge in [-0.3, -0.25) is 19.8 Å². The van der Waals surface area contributed by atoms with E-state index in [2.05, 4.69) is 10.2 Å². The molecule has 2 amide bonds. The molecular formula is C17H20N2O5S. The van der Waals surface area contributed by atoms with Crippen LogP contribution in [0.25, 0.3) is 6.08 Å². The number of benzene rings is 1. The van der Waals surface area contributed by atoms with E-state index in [0.717, 1.165) is 44.6 Å². The molecule has 1 aromatic rings. The number of amides is 2. The van der Waals surface area contributed by atoms with E-state index in [1.165, 1.54) is 0 Å². The van der Waals surface area contributed by atoms with E-state index >= 15 is 0 Å². The maximum absolute atomic E-state index is 11.8. The van der Waals surface area contributed by atoms with E-state index in [9.17, 15) is 9.59 Å². The van der Waals surface area contributed by atoms with E-state index in [0.29, 0.717) is 28.6 Å². The summed E-state index contributed by atoms with van der Waals surface area (Å²) in [5, 5.41) is 1.88. The van der Waals surface area contributed by atoms with Gasteiger partial charge in [-0.1, -0.05) is 0 Å². The normalized spacial score (nSPS) is 20.0. The molecule has 0 bridgehead atoms. The fraction of sp³-hybridized carbons (Fsp3) is 0.412. The molecular weight excluding hydrogens is 344 g/mol. The molecule has 1 N–H and O–H groups in total. The van der Waals surface area contributed by atoms with Crippen molar-refractivity contribution in [1.29, 1.82) is 0 Å². The molecule has 7 nitrogen and oxygen atoms in total. The van der Waals surface area contributed by atoms with Crippen molar-refractivity contribution >= 4 is 29.0 Å². The van der Waals surface area contributed by atoms with E-state index in [4.69, 9.17) is 14.2 Å². The van der Waals surface area contributed by atoms with Gasteiger partial charge in [0.15, 0.2) is 0 Å². The Morgan fingerprint density at radius 2 is 2.12 bits per heavy atom. The zero-order valence-corrected chi connectivity index (χ0v) is 14.8. The first-order chi connectivity index (χ1) is 12.2. The summed E-state index contributed by atoms with van der Waals surface area (Å²) < 4.78 is 16.5. The maximum Gasteiger partial charge on any atom is 0.290 e. The van der Waals surface area contributed by atoms with Crippen molar-refractivity contribution in [3.63, 3.8) is 0 Å². The van der Waals surface area contributed by atoms with Gasteiger partial charge in [-0.25, -0.2) is 0 Å². The second-order valence-corrected chi connectivity index (χ2v) is 6.57. The highest BCUT2D eigenvalue weighted by atomic mass is 32.2. The van der Waals surface area contributed by atoms with Crippen molar-refractivity contribution in [2.75, 3.05) is 46.6 Å². The van der Waals surface area contributed by atoms with Crippen molar-refractivity contribution in [1.82, 2.24) is 10.2 Å². The van der Waals surface area contributed by atoms with Gasteiger partial charge in [0, 0.05) is 25.2 Å². The number of nitrogens with zero attached hydrogens (tertiary/aromatic N) is 1. The lowest BCUT2D eigenvalue weighted by Gasteiger charge is -2.26. The largest absolute Gasteiger partial charge is 0.497 e. The second-order valence-electron chi connectivity index (χ2n) is 5.56. The molecule has 25 heavy (non-hydrogen) atoms. The monoisotopic (exact) mass is 364 g/mol. The summed E-state index contributed by atoms with van der Waals surface area (Å²) in [7, 11) is 1.58. The zero-order chi connectivity index (χ0) is 17.6. The topological polar surface area (TPSA) is 77.1 Å². The summed E-state index contributed by atoms with van der Waals surface area (Å²) in [6.45, 7) is 4.64. The number of hydrogen-bond donors (Lipinski definition) is 1. The number of thioether (sulfide) groups is 1. The quantitative estimate of drug-likeness (QED) is 0.770. The molecule has 134 valence electrons. The Hall–Kier alpha value is -2.03. The maximum atomic E-state index is 11.8. The summed E-state index contributed by atoms with van der Waals surface area (Å²) in [6, 6.07) is 5.40. The molecule has 0 atom stereocenters. The highest BCUT2D eigenvalue weighted by Gasteiger charge is 2.25. The molecule has 1 aromatic carbocycles. The second kappa shape index (κ2) is 8.37. The molecule has 0 spiro atoms. The van der Waals surface area contributed by atoms with Crippen LogP contribution < -0.4 is 14.8 Å². The predicted octanol–water partition coefficient (Wildman–Crippen LogP) is 1.73. The third-order valence-electron chi connectivity index (χ3n) is 3.91. The summed E-state index contributed by atoms with van der Waals surface area (Å²) >= 11 is 0.880. The van der Waals surface area contributed by atoms with Crippen LogP contribution in [0.2, 0.25) is 0 Å². The Balaban J connectivity index is 1.70. The van der Waals surface area contributed by atoms with Crippen molar-refractivity contribution in [3.8, 4) is 11.5 Å². The van der Waals surface area contributed by atoms with Crippen LogP contribution in [0.3, 0.4) is 0 Å². The van der Waals surface area contributed by atoms with Gasteiger partial charge in [-0.15, -0.1) is 0 Å². The number of rotatable bonds is 6. The van der Waals surface area contributed by atoms with Crippen molar-refractivity contribution in [2.45, 2.75) is 0 Å². The minimum Gasteiger partial charge on any atom is -0.497 e. The van der Waals surface area contributed by atoms with Gasteiger partial charge in [-0.05, 0) is 36.0 Å². The lowest BCUT2D eigenvalue weighted by Crippen LogP contribution is -2.38. The number of methoxy groups -OCH3 is 1. The van der Waals surface area contributed by atoms with Crippen LogP contribution in [-0.2, 0) is 9.53 Å². The number of hydrogen-bond acceptors (Lipinski definition) is 7. The fourth-order valence-corrected chi connectivity index (χ4v) is 3.24. The molecule has 2 saturated heterocycles. The van der Waals surface area contributed by atoms with Crippen LogP contribution in [0, 0.1) is 0 Å². The summed E-state index contributed by atoms with van der Waals surface area (Å²) in [6.07, 6.45) is 1.65. The Labute approximate surface area is 150 Å². The smallest absolute Gasteiger partial charge is 0.290 e. The molecule has 0 radical (unpaired) electrons. The van der Waals surface area contributed by atoms with Crippen LogP contribution in [0.15, 0.2) is 23.1 Å². The predicted molar refractivity (Wildman–Crippen MR) is 94.9 cm³/mol. The lowest BCUT2D eigenvalue weighted by molar-refractivity contribution is -0.115. The number of ether oxygens (including phenoxy) is 3. The van der Waals surface area contributed by atoms with Gasteiger partial charge in [0.25, 0.3) is 11.1 Å². The van der Waals surface area contributed by atoms with Crippen LogP contribution in [0.5, 0.6) is 11.5 Å². The molecule has 3 rings (SSSR count). The lowest BCUT2D eigenvalue weighted by atomic mass is 10.1. The van der Waals surface area contributed by atoms with Crippen LogP contribution in [0.1, 0.15) is 5.56 Å².